The summed E-state index contributed by atoms with van der Waals surface area (Å²) in [5.41, 5.74) is 0.675. The molecule has 2 nitrogen and oxygen atoms in total. The van der Waals surface area contributed by atoms with Gasteiger partial charge in [0.2, 0.25) is 0 Å². The van der Waals surface area contributed by atoms with E-state index in [1.54, 1.807) is 12.1 Å². The predicted molar refractivity (Wildman–Crippen MR) is 69.4 cm³/mol. The molecule has 0 aliphatic heterocycles. The van der Waals surface area contributed by atoms with Gasteiger partial charge in [0.05, 0.1) is 27.7 Å². The maximum Gasteiger partial charge on any atom is 0.0847 e. The Morgan fingerprint density at radius 2 is 2.00 bits per heavy atom. The van der Waals surface area contributed by atoms with Crippen LogP contribution in [0.15, 0.2) is 16.6 Å². The molecule has 0 aliphatic carbocycles. The molecule has 0 spiro atoms. The van der Waals surface area contributed by atoms with Crippen molar-refractivity contribution in [1.82, 2.24) is 0 Å². The van der Waals surface area contributed by atoms with Crippen LogP contribution in [0, 0.1) is 0 Å². The SMILES string of the molecule is OC(CCl)CNc1ccc(Br)c(Cl)c1Cl. The molecule has 2 N–H and O–H groups in total. The van der Waals surface area contributed by atoms with E-state index in [0.717, 1.165) is 4.47 Å². The highest BCUT2D eigenvalue weighted by atomic mass is 79.9. The summed E-state index contributed by atoms with van der Waals surface area (Å²) in [6.45, 7) is 0.335. The van der Waals surface area contributed by atoms with Crippen LogP contribution < -0.4 is 5.32 Å². The molecule has 84 valence electrons. The van der Waals surface area contributed by atoms with E-state index >= 15 is 0 Å². The molecule has 15 heavy (non-hydrogen) atoms. The van der Waals surface area contributed by atoms with Gasteiger partial charge < -0.3 is 10.4 Å². The third-order valence-electron chi connectivity index (χ3n) is 1.74. The van der Waals surface area contributed by atoms with Gasteiger partial charge in [0, 0.05) is 11.0 Å². The molecule has 0 aromatic heterocycles. The lowest BCUT2D eigenvalue weighted by Gasteiger charge is -2.12. The van der Waals surface area contributed by atoms with Crippen LogP contribution in [0.5, 0.6) is 0 Å². The van der Waals surface area contributed by atoms with Crippen LogP contribution in [-0.4, -0.2) is 23.6 Å². The van der Waals surface area contributed by atoms with Crippen LogP contribution in [0.3, 0.4) is 0 Å². The lowest BCUT2D eigenvalue weighted by atomic mass is 10.3. The Labute approximate surface area is 112 Å². The molecule has 0 aliphatic rings. The van der Waals surface area contributed by atoms with Crippen molar-refractivity contribution in [2.45, 2.75) is 6.10 Å². The van der Waals surface area contributed by atoms with Crippen molar-refractivity contribution in [3.63, 3.8) is 0 Å². The Bertz CT molecular complexity index is 348. The summed E-state index contributed by atoms with van der Waals surface area (Å²) in [6.07, 6.45) is -0.606. The molecular weight excluding hydrogens is 324 g/mol. The summed E-state index contributed by atoms with van der Waals surface area (Å²) in [7, 11) is 0. The smallest absolute Gasteiger partial charge is 0.0847 e. The fraction of sp³-hybridized carbons (Fsp3) is 0.333. The standard InChI is InChI=1S/C9H9BrCl3NO/c10-6-1-2-7(9(13)8(6)12)14-4-5(15)3-11/h1-2,5,14-15H,3-4H2. The number of hydrogen-bond donors (Lipinski definition) is 2. The summed E-state index contributed by atoms with van der Waals surface area (Å²) in [4.78, 5) is 0. The van der Waals surface area contributed by atoms with Crippen LogP contribution in [0.1, 0.15) is 0 Å². The molecule has 0 radical (unpaired) electrons. The van der Waals surface area contributed by atoms with E-state index in [-0.39, 0.29) is 5.88 Å². The van der Waals surface area contributed by atoms with Gasteiger partial charge in [-0.25, -0.2) is 0 Å². The van der Waals surface area contributed by atoms with E-state index in [4.69, 9.17) is 34.8 Å². The minimum absolute atomic E-state index is 0.175. The van der Waals surface area contributed by atoms with Gasteiger partial charge in [-0.15, -0.1) is 11.6 Å². The first-order valence-corrected chi connectivity index (χ1v) is 6.26. The Morgan fingerprint density at radius 1 is 1.33 bits per heavy atom. The molecule has 0 bridgehead atoms. The quantitative estimate of drug-likeness (QED) is 0.649. The summed E-state index contributed by atoms with van der Waals surface area (Å²) in [6, 6.07) is 3.56. The summed E-state index contributed by atoms with van der Waals surface area (Å²) in [5.74, 6) is 0.175. The summed E-state index contributed by atoms with van der Waals surface area (Å²) < 4.78 is 0.734. The van der Waals surface area contributed by atoms with Crippen LogP contribution in [0.4, 0.5) is 5.69 Å². The molecule has 1 atom stereocenters. The van der Waals surface area contributed by atoms with Crippen LogP contribution >= 0.6 is 50.7 Å². The predicted octanol–water partition coefficient (Wildman–Crippen LogP) is 3.77. The molecule has 0 saturated heterocycles. The van der Waals surface area contributed by atoms with Crippen molar-refractivity contribution in [1.29, 1.82) is 0 Å². The number of alkyl halides is 1. The maximum atomic E-state index is 9.25. The zero-order valence-electron chi connectivity index (χ0n) is 7.61. The van der Waals surface area contributed by atoms with Crippen LogP contribution in [0.2, 0.25) is 10.0 Å². The van der Waals surface area contributed by atoms with Gasteiger partial charge in [-0.3, -0.25) is 0 Å². The largest absolute Gasteiger partial charge is 0.390 e. The van der Waals surface area contributed by atoms with E-state index in [0.29, 0.717) is 22.3 Å². The molecule has 0 heterocycles. The van der Waals surface area contributed by atoms with Crippen molar-refractivity contribution in [3.05, 3.63) is 26.7 Å². The molecule has 0 amide bonds. The van der Waals surface area contributed by atoms with Crippen LogP contribution in [0.25, 0.3) is 0 Å². The third kappa shape index (κ3) is 3.68. The molecule has 6 heteroatoms. The molecule has 0 fully saturated rings. The fourth-order valence-corrected chi connectivity index (χ4v) is 1.89. The Morgan fingerprint density at radius 3 is 2.60 bits per heavy atom. The highest BCUT2D eigenvalue weighted by molar-refractivity contribution is 9.10. The van der Waals surface area contributed by atoms with Gasteiger partial charge in [-0.05, 0) is 28.1 Å². The summed E-state index contributed by atoms with van der Waals surface area (Å²) in [5, 5.41) is 13.1. The average Bonchev–Trinajstić information content (AvgIpc) is 2.24. The molecule has 0 saturated carbocycles. The first-order valence-electron chi connectivity index (χ1n) is 4.17. The number of rotatable bonds is 4. The zero-order valence-corrected chi connectivity index (χ0v) is 11.5. The fourth-order valence-electron chi connectivity index (χ4n) is 0.945. The minimum Gasteiger partial charge on any atom is -0.390 e. The maximum absolute atomic E-state index is 9.25. The molecule has 1 unspecified atom stereocenters. The first kappa shape index (κ1) is 13.4. The van der Waals surface area contributed by atoms with Crippen molar-refractivity contribution in [2.75, 3.05) is 17.7 Å². The summed E-state index contributed by atoms with van der Waals surface area (Å²) >= 11 is 20.6. The minimum atomic E-state index is -0.606. The van der Waals surface area contributed by atoms with Crippen molar-refractivity contribution in [3.8, 4) is 0 Å². The van der Waals surface area contributed by atoms with E-state index in [1.165, 1.54) is 0 Å². The average molecular weight is 333 g/mol. The van der Waals surface area contributed by atoms with Crippen molar-refractivity contribution >= 4 is 56.4 Å². The monoisotopic (exact) mass is 331 g/mol. The first-order chi connectivity index (χ1) is 7.06. The van der Waals surface area contributed by atoms with Gasteiger partial charge in [-0.2, -0.15) is 0 Å². The van der Waals surface area contributed by atoms with E-state index in [9.17, 15) is 5.11 Å². The second-order valence-corrected chi connectivity index (χ2v) is 4.83. The van der Waals surface area contributed by atoms with Gasteiger partial charge in [0.1, 0.15) is 0 Å². The van der Waals surface area contributed by atoms with E-state index in [2.05, 4.69) is 21.2 Å². The Balaban J connectivity index is 2.74. The number of halogens is 4. The van der Waals surface area contributed by atoms with Gasteiger partial charge in [-0.1, -0.05) is 23.2 Å². The lowest BCUT2D eigenvalue weighted by molar-refractivity contribution is 0.211. The topological polar surface area (TPSA) is 32.3 Å². The normalized spacial score (nSPS) is 12.6. The lowest BCUT2D eigenvalue weighted by Crippen LogP contribution is -2.20. The Hall–Kier alpha value is 0.330. The Kier molecular flexibility index (Phi) is 5.50. The zero-order chi connectivity index (χ0) is 11.4. The van der Waals surface area contributed by atoms with Gasteiger partial charge in [0.15, 0.2) is 0 Å². The van der Waals surface area contributed by atoms with Crippen LogP contribution in [-0.2, 0) is 0 Å². The van der Waals surface area contributed by atoms with E-state index in [1.807, 2.05) is 0 Å². The van der Waals surface area contributed by atoms with Gasteiger partial charge in [0.25, 0.3) is 0 Å². The molecular formula is C9H9BrCl3NO. The number of benzene rings is 1. The second-order valence-electron chi connectivity index (χ2n) is 2.91. The van der Waals surface area contributed by atoms with Gasteiger partial charge >= 0.3 is 0 Å². The second kappa shape index (κ2) is 6.16. The van der Waals surface area contributed by atoms with E-state index < -0.39 is 6.10 Å². The molecule has 1 rings (SSSR count). The van der Waals surface area contributed by atoms with Crippen molar-refractivity contribution < 1.29 is 5.11 Å². The molecule has 1 aromatic rings. The molecule has 1 aromatic carbocycles. The number of aliphatic hydroxyl groups is 1. The van der Waals surface area contributed by atoms with Crippen molar-refractivity contribution in [2.24, 2.45) is 0 Å². The highest BCUT2D eigenvalue weighted by Crippen LogP contribution is 2.35. The number of hydrogen-bond acceptors (Lipinski definition) is 2. The number of anilines is 1. The number of aliphatic hydroxyl groups excluding tert-OH is 1. The third-order valence-corrected chi connectivity index (χ3v) is 3.87. The number of nitrogens with one attached hydrogen (secondary N) is 1. The highest BCUT2D eigenvalue weighted by Gasteiger charge is 2.09.